The first-order valence-electron chi connectivity index (χ1n) is 9.76. The second-order valence-electron chi connectivity index (χ2n) is 6.72. The molecule has 1 aliphatic rings. The molecule has 1 N–H and O–H groups in total. The summed E-state index contributed by atoms with van der Waals surface area (Å²) in [6, 6.07) is 14.1. The van der Waals surface area contributed by atoms with Crippen molar-refractivity contribution in [3.8, 4) is 5.75 Å². The van der Waals surface area contributed by atoms with Crippen LogP contribution in [0.2, 0.25) is 0 Å². The average molecular weight is 381 g/mol. The van der Waals surface area contributed by atoms with E-state index < -0.39 is 0 Å². The van der Waals surface area contributed by atoms with Gasteiger partial charge in [0.1, 0.15) is 5.75 Å². The Balaban J connectivity index is 1.65. The third-order valence-electron chi connectivity index (χ3n) is 4.90. The topological polar surface area (TPSA) is 61.9 Å². The van der Waals surface area contributed by atoms with Crippen LogP contribution in [0.4, 0.5) is 5.69 Å². The minimum atomic E-state index is -0.241. The molecule has 0 bridgehead atoms. The number of hydrogen-bond acceptors (Lipinski definition) is 4. The number of amides is 2. The smallest absolute Gasteiger partial charge is 0.255 e. The van der Waals surface area contributed by atoms with Crippen molar-refractivity contribution >= 4 is 17.5 Å². The third kappa shape index (κ3) is 4.89. The van der Waals surface area contributed by atoms with E-state index in [0.29, 0.717) is 23.4 Å². The SMILES string of the molecule is CCOc1ccc(NC(=O)c2cccc(C(=O)N3CCN(CC)CC3)c2)cc1. The van der Waals surface area contributed by atoms with E-state index in [2.05, 4.69) is 17.1 Å². The Kier molecular flexibility index (Phi) is 6.66. The summed E-state index contributed by atoms with van der Waals surface area (Å²) < 4.78 is 5.41. The van der Waals surface area contributed by atoms with E-state index in [-0.39, 0.29) is 11.8 Å². The van der Waals surface area contributed by atoms with Gasteiger partial charge in [0, 0.05) is 43.0 Å². The molecule has 0 saturated carbocycles. The molecule has 28 heavy (non-hydrogen) atoms. The lowest BCUT2D eigenvalue weighted by atomic mass is 10.1. The molecule has 1 saturated heterocycles. The molecule has 0 atom stereocenters. The molecular formula is C22H27N3O3. The maximum Gasteiger partial charge on any atom is 0.255 e. The van der Waals surface area contributed by atoms with Crippen molar-refractivity contribution < 1.29 is 14.3 Å². The van der Waals surface area contributed by atoms with Crippen LogP contribution in [-0.2, 0) is 0 Å². The van der Waals surface area contributed by atoms with E-state index >= 15 is 0 Å². The number of benzene rings is 2. The average Bonchev–Trinajstić information content (AvgIpc) is 2.75. The van der Waals surface area contributed by atoms with Crippen LogP contribution in [0.3, 0.4) is 0 Å². The van der Waals surface area contributed by atoms with E-state index in [4.69, 9.17) is 4.74 Å². The second kappa shape index (κ2) is 9.37. The first-order chi connectivity index (χ1) is 13.6. The molecule has 3 rings (SSSR count). The second-order valence-corrected chi connectivity index (χ2v) is 6.72. The molecule has 0 radical (unpaired) electrons. The van der Waals surface area contributed by atoms with Gasteiger partial charge in [-0.2, -0.15) is 0 Å². The highest BCUT2D eigenvalue weighted by Gasteiger charge is 2.22. The number of piperazine rings is 1. The number of likely N-dealkylation sites (N-methyl/N-ethyl adjacent to an activating group) is 1. The summed E-state index contributed by atoms with van der Waals surface area (Å²) in [6.07, 6.45) is 0. The van der Waals surface area contributed by atoms with Crippen LogP contribution in [0.15, 0.2) is 48.5 Å². The predicted molar refractivity (Wildman–Crippen MR) is 110 cm³/mol. The zero-order valence-electron chi connectivity index (χ0n) is 16.5. The van der Waals surface area contributed by atoms with Gasteiger partial charge in [-0.15, -0.1) is 0 Å². The molecule has 1 fully saturated rings. The molecule has 148 valence electrons. The lowest BCUT2D eigenvalue weighted by Gasteiger charge is -2.34. The number of hydrogen-bond donors (Lipinski definition) is 1. The maximum atomic E-state index is 12.8. The highest BCUT2D eigenvalue weighted by atomic mass is 16.5. The minimum absolute atomic E-state index is 0.0218. The van der Waals surface area contributed by atoms with Crippen LogP contribution in [0.25, 0.3) is 0 Å². The number of anilines is 1. The van der Waals surface area contributed by atoms with Crippen molar-refractivity contribution in [2.24, 2.45) is 0 Å². The number of carbonyl (C=O) groups excluding carboxylic acids is 2. The number of nitrogens with zero attached hydrogens (tertiary/aromatic N) is 2. The molecule has 6 nitrogen and oxygen atoms in total. The molecule has 2 aromatic rings. The predicted octanol–water partition coefficient (Wildman–Crippen LogP) is 3.12. The van der Waals surface area contributed by atoms with Gasteiger partial charge in [-0.1, -0.05) is 13.0 Å². The molecule has 6 heteroatoms. The van der Waals surface area contributed by atoms with Gasteiger partial charge in [0.2, 0.25) is 0 Å². The summed E-state index contributed by atoms with van der Waals surface area (Å²) in [7, 11) is 0. The number of ether oxygens (including phenoxy) is 1. The lowest BCUT2D eigenvalue weighted by Crippen LogP contribution is -2.48. The van der Waals surface area contributed by atoms with Crippen molar-refractivity contribution in [1.29, 1.82) is 0 Å². The van der Waals surface area contributed by atoms with Gasteiger partial charge in [-0.25, -0.2) is 0 Å². The Bertz CT molecular complexity index is 812. The van der Waals surface area contributed by atoms with Gasteiger partial charge in [0.15, 0.2) is 0 Å². The summed E-state index contributed by atoms with van der Waals surface area (Å²) >= 11 is 0. The van der Waals surface area contributed by atoms with E-state index in [1.807, 2.05) is 24.0 Å². The van der Waals surface area contributed by atoms with E-state index in [1.54, 1.807) is 36.4 Å². The Morgan fingerprint density at radius 1 is 0.964 bits per heavy atom. The number of nitrogens with one attached hydrogen (secondary N) is 1. The normalized spacial score (nSPS) is 14.6. The van der Waals surface area contributed by atoms with E-state index in [0.717, 1.165) is 38.5 Å². The highest BCUT2D eigenvalue weighted by molar-refractivity contribution is 6.06. The first kappa shape index (κ1) is 19.9. The fraction of sp³-hybridized carbons (Fsp3) is 0.364. The van der Waals surface area contributed by atoms with Crippen LogP contribution in [0.1, 0.15) is 34.6 Å². The van der Waals surface area contributed by atoms with Gasteiger partial charge in [0.25, 0.3) is 11.8 Å². The summed E-state index contributed by atoms with van der Waals surface area (Å²) in [4.78, 5) is 29.6. The minimum Gasteiger partial charge on any atom is -0.494 e. The van der Waals surface area contributed by atoms with Gasteiger partial charge in [-0.05, 0) is 55.9 Å². The van der Waals surface area contributed by atoms with Gasteiger partial charge in [0.05, 0.1) is 6.61 Å². The van der Waals surface area contributed by atoms with Crippen molar-refractivity contribution in [3.63, 3.8) is 0 Å². The highest BCUT2D eigenvalue weighted by Crippen LogP contribution is 2.17. The number of rotatable bonds is 6. The van der Waals surface area contributed by atoms with Crippen molar-refractivity contribution in [2.45, 2.75) is 13.8 Å². The molecule has 0 spiro atoms. The fourth-order valence-corrected chi connectivity index (χ4v) is 3.25. The zero-order valence-corrected chi connectivity index (χ0v) is 16.5. The zero-order chi connectivity index (χ0) is 19.9. The molecular weight excluding hydrogens is 354 g/mol. The Morgan fingerprint density at radius 2 is 1.64 bits per heavy atom. The first-order valence-corrected chi connectivity index (χ1v) is 9.76. The number of carbonyl (C=O) groups is 2. The van der Waals surface area contributed by atoms with Crippen LogP contribution in [-0.4, -0.2) is 60.9 Å². The lowest BCUT2D eigenvalue weighted by molar-refractivity contribution is 0.0643. The quantitative estimate of drug-likeness (QED) is 0.835. The Hall–Kier alpha value is -2.86. The largest absolute Gasteiger partial charge is 0.494 e. The fourth-order valence-electron chi connectivity index (χ4n) is 3.25. The van der Waals surface area contributed by atoms with Gasteiger partial charge >= 0.3 is 0 Å². The van der Waals surface area contributed by atoms with Crippen molar-refractivity contribution in [3.05, 3.63) is 59.7 Å². The van der Waals surface area contributed by atoms with Crippen molar-refractivity contribution in [1.82, 2.24) is 9.80 Å². The molecule has 2 amide bonds. The van der Waals surface area contributed by atoms with E-state index in [1.165, 1.54) is 0 Å². The third-order valence-corrected chi connectivity index (χ3v) is 4.90. The monoisotopic (exact) mass is 381 g/mol. The molecule has 2 aromatic carbocycles. The summed E-state index contributed by atoms with van der Waals surface area (Å²) in [5, 5.41) is 2.86. The van der Waals surface area contributed by atoms with E-state index in [9.17, 15) is 9.59 Å². The maximum absolute atomic E-state index is 12.8. The molecule has 0 aromatic heterocycles. The summed E-state index contributed by atoms with van der Waals surface area (Å²) in [5.41, 5.74) is 1.69. The van der Waals surface area contributed by atoms with Crippen LogP contribution in [0.5, 0.6) is 5.75 Å². The molecule has 0 aliphatic carbocycles. The summed E-state index contributed by atoms with van der Waals surface area (Å²) in [6.45, 7) is 8.87. The van der Waals surface area contributed by atoms with Gasteiger partial charge in [-0.3, -0.25) is 9.59 Å². The van der Waals surface area contributed by atoms with Crippen LogP contribution in [0, 0.1) is 0 Å². The van der Waals surface area contributed by atoms with Crippen molar-refractivity contribution in [2.75, 3.05) is 44.6 Å². The van der Waals surface area contributed by atoms with Crippen LogP contribution >= 0.6 is 0 Å². The standard InChI is InChI=1S/C22H27N3O3/c1-3-24-12-14-25(15-13-24)22(27)18-7-5-6-17(16-18)21(26)23-19-8-10-20(11-9-19)28-4-2/h5-11,16H,3-4,12-15H2,1-2H3,(H,23,26). The van der Waals surface area contributed by atoms with Gasteiger partial charge < -0.3 is 19.9 Å². The molecule has 1 heterocycles. The molecule has 0 unspecified atom stereocenters. The summed E-state index contributed by atoms with van der Waals surface area (Å²) in [5.74, 6) is 0.498. The Morgan fingerprint density at radius 3 is 2.29 bits per heavy atom. The molecule has 1 aliphatic heterocycles. The Labute approximate surface area is 166 Å². The van der Waals surface area contributed by atoms with Crippen LogP contribution < -0.4 is 10.1 Å².